The molecule has 0 aliphatic heterocycles. The van der Waals surface area contributed by atoms with E-state index >= 15 is 0 Å². The number of methoxy groups -OCH3 is 1. The first kappa shape index (κ1) is 15.4. The molecule has 0 aromatic heterocycles. The van der Waals surface area contributed by atoms with E-state index in [1.807, 2.05) is 0 Å². The number of nitrogens with two attached hydrogens (primary N) is 1. The minimum absolute atomic E-state index is 0.0151. The van der Waals surface area contributed by atoms with Crippen molar-refractivity contribution in [2.24, 2.45) is 0 Å². The maximum Gasteiger partial charge on any atom is 0.321 e. The molecule has 1 aromatic rings. The number of sulfonamides is 1. The number of esters is 1. The SMILES string of the molecule is CCN(CC(=O)OC)S(=O)(=O)c1ccc(N)cc1F. The van der Waals surface area contributed by atoms with Crippen molar-refractivity contribution in [2.75, 3.05) is 25.9 Å². The first-order valence-electron chi connectivity index (χ1n) is 5.45. The van der Waals surface area contributed by atoms with Gasteiger partial charge in [0.05, 0.1) is 7.11 Å². The summed E-state index contributed by atoms with van der Waals surface area (Å²) in [6.07, 6.45) is 0. The Morgan fingerprint density at radius 1 is 1.47 bits per heavy atom. The maximum atomic E-state index is 13.7. The standard InChI is InChI=1S/C11H15FN2O4S/c1-3-14(7-11(15)18-2)19(16,17)10-5-4-8(13)6-9(10)12/h4-6H,3,7,13H2,1-2H3. The summed E-state index contributed by atoms with van der Waals surface area (Å²) >= 11 is 0. The van der Waals surface area contributed by atoms with Gasteiger partial charge in [-0.1, -0.05) is 6.92 Å². The Balaban J connectivity index is 3.17. The summed E-state index contributed by atoms with van der Waals surface area (Å²) in [5.74, 6) is -1.68. The van der Waals surface area contributed by atoms with Gasteiger partial charge in [-0.3, -0.25) is 4.79 Å². The summed E-state index contributed by atoms with van der Waals surface area (Å²) in [5, 5.41) is 0. The molecule has 0 amide bonds. The molecule has 0 radical (unpaired) electrons. The van der Waals surface area contributed by atoms with Crippen LogP contribution in [0.4, 0.5) is 10.1 Å². The highest BCUT2D eigenvalue weighted by atomic mass is 32.2. The molecule has 0 heterocycles. The number of halogens is 1. The number of likely N-dealkylation sites (N-methyl/N-ethyl adjacent to an activating group) is 1. The number of carbonyl (C=O) groups is 1. The van der Waals surface area contributed by atoms with Gasteiger partial charge in [-0.05, 0) is 18.2 Å². The van der Waals surface area contributed by atoms with E-state index in [0.717, 1.165) is 23.5 Å². The number of hydrogen-bond acceptors (Lipinski definition) is 5. The molecule has 2 N–H and O–H groups in total. The van der Waals surface area contributed by atoms with E-state index in [0.29, 0.717) is 0 Å². The Labute approximate surface area is 111 Å². The van der Waals surface area contributed by atoms with E-state index in [1.165, 1.54) is 13.0 Å². The topological polar surface area (TPSA) is 89.7 Å². The Morgan fingerprint density at radius 3 is 2.58 bits per heavy atom. The van der Waals surface area contributed by atoms with E-state index in [2.05, 4.69) is 4.74 Å². The Morgan fingerprint density at radius 2 is 2.11 bits per heavy atom. The second-order valence-electron chi connectivity index (χ2n) is 3.70. The van der Waals surface area contributed by atoms with Gasteiger partial charge in [-0.25, -0.2) is 12.8 Å². The van der Waals surface area contributed by atoms with Crippen molar-refractivity contribution in [3.63, 3.8) is 0 Å². The summed E-state index contributed by atoms with van der Waals surface area (Å²) in [6.45, 7) is 1.08. The summed E-state index contributed by atoms with van der Waals surface area (Å²) in [6, 6.07) is 3.26. The number of anilines is 1. The van der Waals surface area contributed by atoms with Crippen LogP contribution in [0.2, 0.25) is 0 Å². The van der Waals surface area contributed by atoms with Crippen molar-refractivity contribution < 1.29 is 22.3 Å². The number of nitrogen functional groups attached to an aromatic ring is 1. The molecule has 0 aliphatic rings. The highest BCUT2D eigenvalue weighted by molar-refractivity contribution is 7.89. The van der Waals surface area contributed by atoms with E-state index in [-0.39, 0.29) is 12.2 Å². The molecule has 0 saturated heterocycles. The number of ether oxygens (including phenoxy) is 1. The Hall–Kier alpha value is -1.67. The van der Waals surface area contributed by atoms with Gasteiger partial charge in [-0.2, -0.15) is 4.31 Å². The van der Waals surface area contributed by atoms with Gasteiger partial charge < -0.3 is 10.5 Å². The predicted molar refractivity (Wildman–Crippen MR) is 67.3 cm³/mol. The lowest BCUT2D eigenvalue weighted by Crippen LogP contribution is -2.36. The van der Waals surface area contributed by atoms with E-state index in [1.54, 1.807) is 0 Å². The molecule has 0 atom stereocenters. The Kier molecular flexibility index (Phi) is 4.84. The molecular formula is C11H15FN2O4S. The summed E-state index contributed by atoms with van der Waals surface area (Å²) < 4.78 is 43.3. The van der Waals surface area contributed by atoms with Crippen LogP contribution in [-0.2, 0) is 19.6 Å². The second kappa shape index (κ2) is 5.98. The molecule has 0 bridgehead atoms. The van der Waals surface area contributed by atoms with Crippen molar-refractivity contribution in [3.8, 4) is 0 Å². The van der Waals surface area contributed by atoms with Gasteiger partial charge >= 0.3 is 5.97 Å². The first-order chi connectivity index (χ1) is 8.82. The van der Waals surface area contributed by atoms with Crippen LogP contribution >= 0.6 is 0 Å². The zero-order valence-electron chi connectivity index (χ0n) is 10.6. The predicted octanol–water partition coefficient (Wildman–Crippen LogP) is 0.592. The van der Waals surface area contributed by atoms with Gasteiger partial charge in [0.15, 0.2) is 0 Å². The van der Waals surface area contributed by atoms with Crippen molar-refractivity contribution in [2.45, 2.75) is 11.8 Å². The van der Waals surface area contributed by atoms with Gasteiger partial charge in [0.2, 0.25) is 10.0 Å². The number of carbonyl (C=O) groups excluding carboxylic acids is 1. The van der Waals surface area contributed by atoms with Crippen molar-refractivity contribution >= 4 is 21.7 Å². The van der Waals surface area contributed by atoms with Gasteiger partial charge in [-0.15, -0.1) is 0 Å². The van der Waals surface area contributed by atoms with Crippen molar-refractivity contribution in [1.82, 2.24) is 4.31 Å². The minimum atomic E-state index is -4.10. The molecule has 106 valence electrons. The lowest BCUT2D eigenvalue weighted by atomic mass is 10.3. The molecule has 0 aliphatic carbocycles. The molecule has 1 aromatic carbocycles. The highest BCUT2D eigenvalue weighted by Gasteiger charge is 2.28. The largest absolute Gasteiger partial charge is 0.468 e. The third kappa shape index (κ3) is 3.42. The monoisotopic (exact) mass is 290 g/mol. The fourth-order valence-corrected chi connectivity index (χ4v) is 2.88. The number of rotatable bonds is 5. The normalized spacial score (nSPS) is 11.6. The smallest absolute Gasteiger partial charge is 0.321 e. The van der Waals surface area contributed by atoms with Crippen LogP contribution in [-0.4, -0.2) is 38.9 Å². The Bertz CT molecular complexity index is 574. The van der Waals surface area contributed by atoms with Crippen LogP contribution in [0.15, 0.2) is 23.1 Å². The first-order valence-corrected chi connectivity index (χ1v) is 6.89. The van der Waals surface area contributed by atoms with Crippen LogP contribution in [0.25, 0.3) is 0 Å². The quantitative estimate of drug-likeness (QED) is 0.633. The molecule has 0 fully saturated rings. The zero-order chi connectivity index (χ0) is 14.6. The molecule has 1 rings (SSSR count). The number of nitrogens with zero attached hydrogens (tertiary/aromatic N) is 1. The summed E-state index contributed by atoms with van der Waals surface area (Å²) in [4.78, 5) is 10.6. The van der Waals surface area contributed by atoms with Crippen LogP contribution in [0.1, 0.15) is 6.92 Å². The van der Waals surface area contributed by atoms with Gasteiger partial charge in [0.1, 0.15) is 17.3 Å². The third-order valence-electron chi connectivity index (χ3n) is 2.46. The molecular weight excluding hydrogens is 275 g/mol. The summed E-state index contributed by atoms with van der Waals surface area (Å²) in [5.41, 5.74) is 5.48. The van der Waals surface area contributed by atoms with Crippen molar-refractivity contribution in [3.05, 3.63) is 24.0 Å². The van der Waals surface area contributed by atoms with Crippen LogP contribution in [0.3, 0.4) is 0 Å². The van der Waals surface area contributed by atoms with Crippen LogP contribution in [0.5, 0.6) is 0 Å². The van der Waals surface area contributed by atoms with Crippen LogP contribution < -0.4 is 5.73 Å². The third-order valence-corrected chi connectivity index (χ3v) is 4.41. The zero-order valence-corrected chi connectivity index (χ0v) is 11.4. The minimum Gasteiger partial charge on any atom is -0.468 e. The lowest BCUT2D eigenvalue weighted by molar-refractivity contribution is -0.140. The van der Waals surface area contributed by atoms with Gasteiger partial charge in [0, 0.05) is 12.2 Å². The van der Waals surface area contributed by atoms with E-state index in [4.69, 9.17) is 5.73 Å². The molecule has 8 heteroatoms. The van der Waals surface area contributed by atoms with E-state index < -0.39 is 33.3 Å². The molecule has 0 unspecified atom stereocenters. The molecule has 6 nitrogen and oxygen atoms in total. The molecule has 0 saturated carbocycles. The average molecular weight is 290 g/mol. The van der Waals surface area contributed by atoms with E-state index in [9.17, 15) is 17.6 Å². The number of hydrogen-bond donors (Lipinski definition) is 1. The second-order valence-corrected chi connectivity index (χ2v) is 5.60. The molecule has 0 spiro atoms. The number of benzene rings is 1. The van der Waals surface area contributed by atoms with Crippen LogP contribution in [0, 0.1) is 5.82 Å². The van der Waals surface area contributed by atoms with Gasteiger partial charge in [0.25, 0.3) is 0 Å². The van der Waals surface area contributed by atoms with Crippen molar-refractivity contribution in [1.29, 1.82) is 0 Å². The molecule has 19 heavy (non-hydrogen) atoms. The summed E-state index contributed by atoms with van der Waals surface area (Å²) in [7, 11) is -2.96. The lowest BCUT2D eigenvalue weighted by Gasteiger charge is -2.19. The fraction of sp³-hybridized carbons (Fsp3) is 0.364. The average Bonchev–Trinajstić information content (AvgIpc) is 2.34. The highest BCUT2D eigenvalue weighted by Crippen LogP contribution is 2.21. The fourth-order valence-electron chi connectivity index (χ4n) is 1.44. The maximum absolute atomic E-state index is 13.7.